The van der Waals surface area contributed by atoms with Gasteiger partial charge in [-0.2, -0.15) is 0 Å². The molecule has 4 nitrogen and oxygen atoms in total. The molecule has 2 rings (SSSR count). The van der Waals surface area contributed by atoms with Crippen LogP contribution in [0.15, 0.2) is 42.5 Å². The standard InChI is InChI=1S/C17H19ClN2O2/c1-12-4-3-5-16(13(12)2)22-11-10-19-17(21)20-15-8-6-14(18)7-9-15/h3-9H,10-11H2,1-2H3,(H2,19,20,21). The fourth-order valence-electron chi connectivity index (χ4n) is 1.91. The molecule has 0 aliphatic carbocycles. The Bertz CT molecular complexity index is 642. The van der Waals surface area contributed by atoms with Crippen molar-refractivity contribution in [1.82, 2.24) is 5.32 Å². The maximum absolute atomic E-state index is 11.7. The van der Waals surface area contributed by atoms with Gasteiger partial charge >= 0.3 is 6.03 Å². The topological polar surface area (TPSA) is 50.4 Å². The normalized spacial score (nSPS) is 10.1. The maximum atomic E-state index is 11.7. The summed E-state index contributed by atoms with van der Waals surface area (Å²) in [6.45, 7) is 4.90. The molecule has 0 bridgehead atoms. The lowest BCUT2D eigenvalue weighted by Crippen LogP contribution is -2.32. The average molecular weight is 319 g/mol. The molecule has 2 aromatic carbocycles. The van der Waals surface area contributed by atoms with Crippen LogP contribution >= 0.6 is 11.6 Å². The van der Waals surface area contributed by atoms with Crippen LogP contribution < -0.4 is 15.4 Å². The number of carbonyl (C=O) groups is 1. The molecule has 0 aromatic heterocycles. The molecule has 0 saturated carbocycles. The number of carbonyl (C=O) groups excluding carboxylic acids is 1. The van der Waals surface area contributed by atoms with Crippen molar-refractivity contribution in [2.24, 2.45) is 0 Å². The molecule has 0 fully saturated rings. The van der Waals surface area contributed by atoms with Crippen LogP contribution in [-0.2, 0) is 0 Å². The third-order valence-electron chi connectivity index (χ3n) is 3.30. The molecule has 0 aliphatic rings. The van der Waals surface area contributed by atoms with Crippen LogP contribution in [0.4, 0.5) is 10.5 Å². The number of urea groups is 1. The minimum atomic E-state index is -0.271. The Morgan fingerprint density at radius 1 is 1.14 bits per heavy atom. The largest absolute Gasteiger partial charge is 0.491 e. The lowest BCUT2D eigenvalue weighted by Gasteiger charge is -2.12. The Hall–Kier alpha value is -2.20. The predicted octanol–water partition coefficient (Wildman–Crippen LogP) is 4.16. The molecule has 0 heterocycles. The smallest absolute Gasteiger partial charge is 0.319 e. The average Bonchev–Trinajstić information content (AvgIpc) is 2.50. The highest BCUT2D eigenvalue weighted by molar-refractivity contribution is 6.30. The van der Waals surface area contributed by atoms with E-state index in [9.17, 15) is 4.79 Å². The molecule has 0 atom stereocenters. The molecule has 5 heteroatoms. The molecule has 0 radical (unpaired) electrons. The molecule has 0 unspecified atom stereocenters. The molecule has 0 aliphatic heterocycles. The summed E-state index contributed by atoms with van der Waals surface area (Å²) in [5.41, 5.74) is 3.00. The van der Waals surface area contributed by atoms with Crippen LogP contribution in [0.3, 0.4) is 0 Å². The summed E-state index contributed by atoms with van der Waals surface area (Å²) in [5, 5.41) is 6.10. The molecule has 2 aromatic rings. The van der Waals surface area contributed by atoms with E-state index in [0.717, 1.165) is 11.3 Å². The van der Waals surface area contributed by atoms with Crippen molar-refractivity contribution in [2.45, 2.75) is 13.8 Å². The Morgan fingerprint density at radius 2 is 1.86 bits per heavy atom. The van der Waals surface area contributed by atoms with Gasteiger partial charge in [0.15, 0.2) is 0 Å². The predicted molar refractivity (Wildman–Crippen MR) is 89.9 cm³/mol. The molecular weight excluding hydrogens is 300 g/mol. The summed E-state index contributed by atoms with van der Waals surface area (Å²) < 4.78 is 5.67. The van der Waals surface area contributed by atoms with Gasteiger partial charge in [0.2, 0.25) is 0 Å². The first-order valence-corrected chi connectivity index (χ1v) is 7.43. The maximum Gasteiger partial charge on any atom is 0.319 e. The fourth-order valence-corrected chi connectivity index (χ4v) is 2.04. The van der Waals surface area contributed by atoms with E-state index in [4.69, 9.17) is 16.3 Å². The van der Waals surface area contributed by atoms with Gasteiger partial charge in [0.1, 0.15) is 12.4 Å². The highest BCUT2D eigenvalue weighted by atomic mass is 35.5. The SMILES string of the molecule is Cc1cccc(OCCNC(=O)Nc2ccc(Cl)cc2)c1C. The summed E-state index contributed by atoms with van der Waals surface area (Å²) in [6, 6.07) is 12.6. The Labute approximate surface area is 135 Å². The third kappa shape index (κ3) is 4.67. The van der Waals surface area contributed by atoms with E-state index < -0.39 is 0 Å². The second-order valence-electron chi connectivity index (χ2n) is 4.93. The van der Waals surface area contributed by atoms with E-state index in [0.29, 0.717) is 23.9 Å². The van der Waals surface area contributed by atoms with Crippen LogP contribution in [0.2, 0.25) is 5.02 Å². The third-order valence-corrected chi connectivity index (χ3v) is 3.55. The van der Waals surface area contributed by atoms with Gasteiger partial charge in [0.25, 0.3) is 0 Å². The van der Waals surface area contributed by atoms with Gasteiger partial charge in [0, 0.05) is 10.7 Å². The molecule has 0 spiro atoms. The van der Waals surface area contributed by atoms with Crippen molar-refractivity contribution in [3.63, 3.8) is 0 Å². The van der Waals surface area contributed by atoms with Crippen molar-refractivity contribution >= 4 is 23.3 Å². The van der Waals surface area contributed by atoms with Gasteiger partial charge in [-0.15, -0.1) is 0 Å². The first-order chi connectivity index (χ1) is 10.6. The zero-order valence-electron chi connectivity index (χ0n) is 12.7. The number of hydrogen-bond donors (Lipinski definition) is 2. The van der Waals surface area contributed by atoms with E-state index >= 15 is 0 Å². The molecule has 22 heavy (non-hydrogen) atoms. The number of hydrogen-bond acceptors (Lipinski definition) is 2. The number of ether oxygens (including phenoxy) is 1. The number of amides is 2. The molecule has 2 N–H and O–H groups in total. The number of rotatable bonds is 5. The fraction of sp³-hybridized carbons (Fsp3) is 0.235. The molecular formula is C17H19ClN2O2. The second-order valence-corrected chi connectivity index (χ2v) is 5.37. The van der Waals surface area contributed by atoms with E-state index in [1.807, 2.05) is 32.0 Å². The van der Waals surface area contributed by atoms with Crippen LogP contribution in [0.5, 0.6) is 5.75 Å². The highest BCUT2D eigenvalue weighted by Gasteiger charge is 2.03. The summed E-state index contributed by atoms with van der Waals surface area (Å²) in [7, 11) is 0. The van der Waals surface area contributed by atoms with Gasteiger partial charge in [-0.25, -0.2) is 4.79 Å². The summed E-state index contributed by atoms with van der Waals surface area (Å²) >= 11 is 5.79. The Balaban J connectivity index is 1.73. The quantitative estimate of drug-likeness (QED) is 0.813. The monoisotopic (exact) mass is 318 g/mol. The van der Waals surface area contributed by atoms with E-state index in [1.54, 1.807) is 24.3 Å². The number of benzene rings is 2. The van der Waals surface area contributed by atoms with E-state index in [1.165, 1.54) is 5.56 Å². The van der Waals surface area contributed by atoms with Gasteiger partial charge in [-0.1, -0.05) is 23.7 Å². The first kappa shape index (κ1) is 16.2. The minimum absolute atomic E-state index is 0.271. The van der Waals surface area contributed by atoms with Crippen LogP contribution in [0.1, 0.15) is 11.1 Å². The Kier molecular flexibility index (Phi) is 5.67. The second kappa shape index (κ2) is 7.71. The number of nitrogens with one attached hydrogen (secondary N) is 2. The molecule has 0 saturated heterocycles. The zero-order chi connectivity index (χ0) is 15.9. The summed E-state index contributed by atoms with van der Waals surface area (Å²) in [5.74, 6) is 0.847. The van der Waals surface area contributed by atoms with Crippen molar-refractivity contribution in [3.8, 4) is 5.75 Å². The lowest BCUT2D eigenvalue weighted by atomic mass is 10.1. The number of anilines is 1. The van der Waals surface area contributed by atoms with Crippen LogP contribution in [0, 0.1) is 13.8 Å². The van der Waals surface area contributed by atoms with E-state index in [-0.39, 0.29) is 6.03 Å². The van der Waals surface area contributed by atoms with Crippen molar-refractivity contribution < 1.29 is 9.53 Å². The summed E-state index contributed by atoms with van der Waals surface area (Å²) in [4.78, 5) is 11.7. The number of aryl methyl sites for hydroxylation is 1. The number of halogens is 1. The van der Waals surface area contributed by atoms with E-state index in [2.05, 4.69) is 10.6 Å². The van der Waals surface area contributed by atoms with Crippen LogP contribution in [0.25, 0.3) is 0 Å². The van der Waals surface area contributed by atoms with Gasteiger partial charge < -0.3 is 15.4 Å². The van der Waals surface area contributed by atoms with Crippen LogP contribution in [-0.4, -0.2) is 19.2 Å². The molecule has 2 amide bonds. The van der Waals surface area contributed by atoms with Gasteiger partial charge in [-0.05, 0) is 55.3 Å². The lowest BCUT2D eigenvalue weighted by molar-refractivity contribution is 0.247. The van der Waals surface area contributed by atoms with Gasteiger partial charge in [-0.3, -0.25) is 0 Å². The van der Waals surface area contributed by atoms with Crippen molar-refractivity contribution in [2.75, 3.05) is 18.5 Å². The van der Waals surface area contributed by atoms with Crippen molar-refractivity contribution in [3.05, 3.63) is 58.6 Å². The summed E-state index contributed by atoms with van der Waals surface area (Å²) in [6.07, 6.45) is 0. The van der Waals surface area contributed by atoms with Gasteiger partial charge in [0.05, 0.1) is 6.54 Å². The minimum Gasteiger partial charge on any atom is -0.491 e. The molecule has 116 valence electrons. The van der Waals surface area contributed by atoms with Crippen molar-refractivity contribution in [1.29, 1.82) is 0 Å². The Morgan fingerprint density at radius 3 is 2.59 bits per heavy atom. The highest BCUT2D eigenvalue weighted by Crippen LogP contribution is 2.20. The first-order valence-electron chi connectivity index (χ1n) is 7.05. The zero-order valence-corrected chi connectivity index (χ0v) is 13.4.